The van der Waals surface area contributed by atoms with Crippen LogP contribution in [-0.4, -0.2) is 33.0 Å². The van der Waals surface area contributed by atoms with Crippen molar-refractivity contribution in [1.29, 1.82) is 0 Å². The second kappa shape index (κ2) is 5.26. The van der Waals surface area contributed by atoms with Crippen molar-refractivity contribution in [3.63, 3.8) is 0 Å². The molecule has 114 valence electrons. The van der Waals surface area contributed by atoms with Crippen LogP contribution in [0.5, 0.6) is 0 Å². The lowest BCUT2D eigenvalue weighted by Gasteiger charge is -2.29. The molecule has 6 heteroatoms. The van der Waals surface area contributed by atoms with Gasteiger partial charge in [-0.05, 0) is 24.8 Å². The lowest BCUT2D eigenvalue weighted by Crippen LogP contribution is -2.30. The van der Waals surface area contributed by atoms with Crippen LogP contribution in [0.3, 0.4) is 0 Å². The van der Waals surface area contributed by atoms with E-state index in [1.807, 2.05) is 13.0 Å². The van der Waals surface area contributed by atoms with Gasteiger partial charge in [0.05, 0.1) is 24.1 Å². The van der Waals surface area contributed by atoms with E-state index in [2.05, 4.69) is 41.1 Å². The number of nitrogens with zero attached hydrogens (tertiary/aromatic N) is 3. The second-order valence-electron chi connectivity index (χ2n) is 6.82. The molecule has 0 aromatic carbocycles. The molecule has 2 aromatic rings. The fourth-order valence-corrected chi connectivity index (χ4v) is 2.92. The Morgan fingerprint density at radius 2 is 2.19 bits per heavy atom. The van der Waals surface area contributed by atoms with E-state index in [0.29, 0.717) is 12.3 Å². The van der Waals surface area contributed by atoms with Gasteiger partial charge in [0.2, 0.25) is 5.89 Å². The van der Waals surface area contributed by atoms with E-state index >= 15 is 0 Å². The maximum atomic E-state index is 5.88. The molecule has 1 saturated heterocycles. The van der Waals surface area contributed by atoms with Crippen LogP contribution >= 0.6 is 0 Å². The van der Waals surface area contributed by atoms with Gasteiger partial charge in [-0.25, -0.2) is 0 Å². The van der Waals surface area contributed by atoms with Crippen LogP contribution in [0.1, 0.15) is 56.2 Å². The standard InChI is InChI=1S/C15H22N4O2/c1-9-7-10(18-17-9)8-12-16-14(19-21-12)11-5-6-20-13(11)15(2,3)4/h7,11,13H,5-6,8H2,1-4H3,(H,17,18)/t11-,13-/m0/s1. The predicted molar refractivity (Wildman–Crippen MR) is 77.0 cm³/mol. The van der Waals surface area contributed by atoms with E-state index in [9.17, 15) is 0 Å². The average molecular weight is 290 g/mol. The Labute approximate surface area is 124 Å². The molecular weight excluding hydrogens is 268 g/mol. The van der Waals surface area contributed by atoms with Gasteiger partial charge < -0.3 is 9.26 Å². The van der Waals surface area contributed by atoms with Gasteiger partial charge in [-0.15, -0.1) is 0 Å². The van der Waals surface area contributed by atoms with Crippen molar-refractivity contribution >= 4 is 0 Å². The van der Waals surface area contributed by atoms with Crippen LogP contribution in [0.15, 0.2) is 10.6 Å². The summed E-state index contributed by atoms with van der Waals surface area (Å²) in [7, 11) is 0. The molecule has 3 rings (SSSR count). The minimum absolute atomic E-state index is 0.0707. The molecule has 2 aromatic heterocycles. The van der Waals surface area contributed by atoms with Crippen LogP contribution in [0, 0.1) is 12.3 Å². The molecule has 3 heterocycles. The first-order chi connectivity index (χ1) is 9.93. The number of nitrogens with one attached hydrogen (secondary N) is 1. The lowest BCUT2D eigenvalue weighted by atomic mass is 9.81. The number of hydrogen-bond donors (Lipinski definition) is 1. The van der Waals surface area contributed by atoms with Gasteiger partial charge >= 0.3 is 0 Å². The first-order valence-corrected chi connectivity index (χ1v) is 7.38. The molecule has 0 radical (unpaired) electrons. The number of aromatic nitrogens is 4. The number of rotatable bonds is 3. The SMILES string of the molecule is Cc1cc(Cc2nc([C@H]3CCO[C@@H]3C(C)(C)C)no2)n[nH]1. The van der Waals surface area contributed by atoms with Gasteiger partial charge in [0.1, 0.15) is 0 Å². The highest BCUT2D eigenvalue weighted by atomic mass is 16.5. The summed E-state index contributed by atoms with van der Waals surface area (Å²) in [5, 5.41) is 11.3. The second-order valence-corrected chi connectivity index (χ2v) is 6.82. The monoisotopic (exact) mass is 290 g/mol. The molecule has 2 atom stereocenters. The highest BCUT2D eigenvalue weighted by Crippen LogP contribution is 2.39. The zero-order valence-electron chi connectivity index (χ0n) is 13.0. The van der Waals surface area contributed by atoms with E-state index in [1.54, 1.807) is 0 Å². The van der Waals surface area contributed by atoms with Crippen molar-refractivity contribution in [3.8, 4) is 0 Å². The quantitative estimate of drug-likeness (QED) is 0.940. The zero-order valence-corrected chi connectivity index (χ0v) is 13.0. The minimum atomic E-state index is 0.0707. The molecule has 0 saturated carbocycles. The van der Waals surface area contributed by atoms with E-state index in [1.165, 1.54) is 0 Å². The summed E-state index contributed by atoms with van der Waals surface area (Å²) in [4.78, 5) is 4.55. The summed E-state index contributed by atoms with van der Waals surface area (Å²) < 4.78 is 11.3. The molecule has 1 aliphatic heterocycles. The summed E-state index contributed by atoms with van der Waals surface area (Å²) in [5.41, 5.74) is 2.01. The lowest BCUT2D eigenvalue weighted by molar-refractivity contribution is 0.0193. The Morgan fingerprint density at radius 3 is 2.86 bits per heavy atom. The Bertz CT molecular complexity index is 611. The highest BCUT2D eigenvalue weighted by molar-refractivity contribution is 5.12. The Hall–Kier alpha value is -1.69. The molecule has 0 amide bonds. The fraction of sp³-hybridized carbons (Fsp3) is 0.667. The first kappa shape index (κ1) is 14.3. The Morgan fingerprint density at radius 1 is 1.38 bits per heavy atom. The molecule has 1 fully saturated rings. The van der Waals surface area contributed by atoms with Gasteiger partial charge in [0.15, 0.2) is 5.82 Å². The van der Waals surface area contributed by atoms with Crippen molar-refractivity contribution in [1.82, 2.24) is 20.3 Å². The molecule has 0 spiro atoms. The highest BCUT2D eigenvalue weighted by Gasteiger charge is 2.40. The van der Waals surface area contributed by atoms with Crippen molar-refractivity contribution in [3.05, 3.63) is 29.2 Å². The molecule has 0 aliphatic carbocycles. The fourth-order valence-electron chi connectivity index (χ4n) is 2.92. The van der Waals surface area contributed by atoms with Crippen molar-refractivity contribution < 1.29 is 9.26 Å². The molecule has 0 unspecified atom stereocenters. The normalized spacial score (nSPS) is 22.9. The molecular formula is C15H22N4O2. The summed E-state index contributed by atoms with van der Waals surface area (Å²) in [6.07, 6.45) is 1.64. The smallest absolute Gasteiger partial charge is 0.232 e. The molecule has 1 aliphatic rings. The summed E-state index contributed by atoms with van der Waals surface area (Å²) in [5.74, 6) is 1.58. The predicted octanol–water partition coefficient (Wildman–Crippen LogP) is 2.61. The van der Waals surface area contributed by atoms with E-state index in [-0.39, 0.29) is 17.4 Å². The van der Waals surface area contributed by atoms with Gasteiger partial charge in [-0.3, -0.25) is 5.10 Å². The zero-order chi connectivity index (χ0) is 15.0. The van der Waals surface area contributed by atoms with Gasteiger partial charge in [-0.2, -0.15) is 10.1 Å². The third-order valence-electron chi connectivity index (χ3n) is 3.85. The topological polar surface area (TPSA) is 76.8 Å². The van der Waals surface area contributed by atoms with E-state index < -0.39 is 0 Å². The van der Waals surface area contributed by atoms with E-state index in [0.717, 1.165) is 30.2 Å². The minimum Gasteiger partial charge on any atom is -0.377 e. The molecule has 21 heavy (non-hydrogen) atoms. The Kier molecular flexibility index (Phi) is 3.57. The number of hydrogen-bond acceptors (Lipinski definition) is 5. The van der Waals surface area contributed by atoms with Crippen LogP contribution in [0.25, 0.3) is 0 Å². The number of H-pyrrole nitrogens is 1. The average Bonchev–Trinajstić information content (AvgIpc) is 3.08. The first-order valence-electron chi connectivity index (χ1n) is 7.38. The molecule has 1 N–H and O–H groups in total. The molecule has 6 nitrogen and oxygen atoms in total. The maximum Gasteiger partial charge on any atom is 0.232 e. The number of aryl methyl sites for hydroxylation is 1. The van der Waals surface area contributed by atoms with Crippen LogP contribution in [-0.2, 0) is 11.2 Å². The summed E-state index contributed by atoms with van der Waals surface area (Å²) in [6.45, 7) is 9.28. The van der Waals surface area contributed by atoms with Crippen LogP contribution in [0.4, 0.5) is 0 Å². The third-order valence-corrected chi connectivity index (χ3v) is 3.85. The summed E-state index contributed by atoms with van der Waals surface area (Å²) in [6, 6.07) is 1.99. The van der Waals surface area contributed by atoms with Crippen molar-refractivity contribution in [2.75, 3.05) is 6.61 Å². The van der Waals surface area contributed by atoms with Gasteiger partial charge in [-0.1, -0.05) is 25.9 Å². The molecule has 0 bridgehead atoms. The van der Waals surface area contributed by atoms with Crippen molar-refractivity contribution in [2.45, 2.75) is 52.6 Å². The largest absolute Gasteiger partial charge is 0.377 e. The summed E-state index contributed by atoms with van der Waals surface area (Å²) >= 11 is 0. The Balaban J connectivity index is 1.75. The van der Waals surface area contributed by atoms with E-state index in [4.69, 9.17) is 9.26 Å². The number of aromatic amines is 1. The van der Waals surface area contributed by atoms with Gasteiger partial charge in [0.25, 0.3) is 0 Å². The third kappa shape index (κ3) is 3.00. The number of ether oxygens (including phenoxy) is 1. The van der Waals surface area contributed by atoms with Gasteiger partial charge in [0, 0.05) is 12.3 Å². The maximum absolute atomic E-state index is 5.88. The van der Waals surface area contributed by atoms with Crippen LogP contribution in [0.2, 0.25) is 0 Å². The van der Waals surface area contributed by atoms with Crippen molar-refractivity contribution in [2.24, 2.45) is 5.41 Å². The van der Waals surface area contributed by atoms with Crippen LogP contribution < -0.4 is 0 Å².